The van der Waals surface area contributed by atoms with Crippen molar-refractivity contribution in [2.24, 2.45) is 0 Å². The minimum atomic E-state index is -0.867. The topological polar surface area (TPSA) is 150 Å². The molecule has 0 saturated carbocycles. The van der Waals surface area contributed by atoms with E-state index in [4.69, 9.17) is 14.2 Å². The van der Waals surface area contributed by atoms with E-state index in [2.05, 4.69) is 9.68 Å². The number of unbranched alkanes of at least 4 members (excludes halogenated alkanes) is 2. The van der Waals surface area contributed by atoms with Gasteiger partial charge < -0.3 is 23.9 Å². The van der Waals surface area contributed by atoms with Gasteiger partial charge in [0, 0.05) is 6.08 Å². The lowest BCUT2D eigenvalue weighted by atomic mass is 10.2. The van der Waals surface area contributed by atoms with Crippen molar-refractivity contribution in [1.29, 1.82) is 0 Å². The van der Waals surface area contributed by atoms with Gasteiger partial charge in [0.1, 0.15) is 0 Å². The Kier molecular flexibility index (Phi) is 11.8. The van der Waals surface area contributed by atoms with Crippen molar-refractivity contribution in [1.82, 2.24) is 0 Å². The Balaban J connectivity index is 2.37. The fourth-order valence-corrected chi connectivity index (χ4v) is 2.16. The van der Waals surface area contributed by atoms with Gasteiger partial charge in [-0.3, -0.25) is 0 Å². The Labute approximate surface area is 172 Å². The number of ether oxygens (including phenoxy) is 3. The van der Waals surface area contributed by atoms with Gasteiger partial charge in [0.15, 0.2) is 11.5 Å². The van der Waals surface area contributed by atoms with Gasteiger partial charge in [-0.1, -0.05) is 6.07 Å². The largest absolute Gasteiger partial charge is 0.493 e. The molecule has 0 unspecified atom stereocenters. The normalized spacial score (nSPS) is 10.4. The highest BCUT2D eigenvalue weighted by molar-refractivity contribution is 5.87. The summed E-state index contributed by atoms with van der Waals surface area (Å²) >= 11 is 0. The molecule has 0 heterocycles. The minimum absolute atomic E-state index is 0.0139. The Morgan fingerprint density at radius 2 is 1.53 bits per heavy atom. The Morgan fingerprint density at radius 3 is 2.13 bits per heavy atom. The average molecular weight is 428 g/mol. The first-order chi connectivity index (χ1) is 14.4. The average Bonchev–Trinajstić information content (AvgIpc) is 2.71. The fourth-order valence-electron chi connectivity index (χ4n) is 2.16. The van der Waals surface area contributed by atoms with Gasteiger partial charge in [-0.2, -0.15) is 0 Å². The highest BCUT2D eigenvalue weighted by atomic mass is 17.0. The van der Waals surface area contributed by atoms with Gasteiger partial charge in [-0.05, 0) is 49.5 Å². The van der Waals surface area contributed by atoms with Crippen LogP contribution >= 0.6 is 0 Å². The van der Waals surface area contributed by atoms with Crippen LogP contribution in [0.4, 0.5) is 0 Å². The first-order valence-corrected chi connectivity index (χ1v) is 9.12. The second-order valence-corrected chi connectivity index (χ2v) is 5.79. The molecule has 12 nitrogen and oxygen atoms in total. The number of benzene rings is 1. The maximum atomic E-state index is 11.7. The molecule has 166 valence electrons. The summed E-state index contributed by atoms with van der Waals surface area (Å²) in [6, 6.07) is 5.10. The number of nitrogens with zero attached hydrogens (tertiary/aromatic N) is 2. The van der Waals surface area contributed by atoms with Crippen LogP contribution in [-0.4, -0.2) is 49.7 Å². The highest BCUT2D eigenvalue weighted by Gasteiger charge is 2.06. The summed E-state index contributed by atoms with van der Waals surface area (Å²) in [6.45, 7) is 0.444. The van der Waals surface area contributed by atoms with Crippen LogP contribution in [-0.2, 0) is 19.2 Å². The van der Waals surface area contributed by atoms with Gasteiger partial charge in [0.2, 0.25) is 0 Å². The number of methoxy groups -OCH3 is 1. The molecule has 1 rings (SSSR count). The van der Waals surface area contributed by atoms with Gasteiger partial charge in [0.05, 0.1) is 33.5 Å². The maximum absolute atomic E-state index is 11.7. The monoisotopic (exact) mass is 428 g/mol. The summed E-state index contributed by atoms with van der Waals surface area (Å²) in [5.41, 5.74) is 0.690. The van der Waals surface area contributed by atoms with E-state index in [9.17, 15) is 25.0 Å². The molecule has 12 heteroatoms. The molecule has 1 aromatic rings. The lowest BCUT2D eigenvalue weighted by Crippen LogP contribution is -2.06. The third-order valence-electron chi connectivity index (χ3n) is 3.57. The van der Waals surface area contributed by atoms with E-state index in [1.165, 1.54) is 13.2 Å². The first kappa shape index (κ1) is 24.5. The van der Waals surface area contributed by atoms with E-state index in [0.717, 1.165) is 0 Å². The van der Waals surface area contributed by atoms with Crippen LogP contribution in [0.15, 0.2) is 24.3 Å². The van der Waals surface area contributed by atoms with Crippen molar-refractivity contribution < 1.29 is 38.9 Å². The zero-order chi connectivity index (χ0) is 22.2. The van der Waals surface area contributed by atoms with Crippen molar-refractivity contribution in [3.8, 4) is 11.5 Å². The predicted molar refractivity (Wildman–Crippen MR) is 103 cm³/mol. The standard InChI is InChI=1S/C18H24N2O10/c1-26-17-14-15(6-8-16(17)27-10-2-4-12-29-19(22)23)7-9-18(21)28-11-3-5-13-30-20(24)25/h6-9,14H,2-5,10-13H2,1H3/b9-7+. The molecular weight excluding hydrogens is 404 g/mol. The molecule has 0 aliphatic heterocycles. The molecule has 0 aliphatic carbocycles. The van der Waals surface area contributed by atoms with Crippen LogP contribution in [0.25, 0.3) is 6.08 Å². The van der Waals surface area contributed by atoms with Crippen LogP contribution in [0.5, 0.6) is 11.5 Å². The smallest absolute Gasteiger partial charge is 0.330 e. The predicted octanol–water partition coefficient (Wildman–Crippen LogP) is 2.61. The zero-order valence-electron chi connectivity index (χ0n) is 16.5. The lowest BCUT2D eigenvalue weighted by Gasteiger charge is -2.11. The van der Waals surface area contributed by atoms with E-state index in [0.29, 0.717) is 49.4 Å². The number of carbonyl (C=O) groups excluding carboxylic acids is 1. The van der Waals surface area contributed by atoms with Crippen molar-refractivity contribution in [3.05, 3.63) is 50.1 Å². The molecule has 0 radical (unpaired) electrons. The van der Waals surface area contributed by atoms with Crippen LogP contribution in [0.1, 0.15) is 31.2 Å². The van der Waals surface area contributed by atoms with E-state index in [1.54, 1.807) is 24.3 Å². The molecule has 0 bridgehead atoms. The second-order valence-electron chi connectivity index (χ2n) is 5.79. The third-order valence-corrected chi connectivity index (χ3v) is 3.57. The Bertz CT molecular complexity index is 723. The molecule has 0 saturated heterocycles. The molecule has 0 aliphatic rings. The molecule has 0 amide bonds. The van der Waals surface area contributed by atoms with Crippen molar-refractivity contribution in [2.45, 2.75) is 25.7 Å². The first-order valence-electron chi connectivity index (χ1n) is 9.12. The van der Waals surface area contributed by atoms with Gasteiger partial charge in [0.25, 0.3) is 10.2 Å². The molecule has 30 heavy (non-hydrogen) atoms. The Morgan fingerprint density at radius 1 is 0.933 bits per heavy atom. The van der Waals surface area contributed by atoms with Crippen LogP contribution < -0.4 is 9.47 Å². The summed E-state index contributed by atoms with van der Waals surface area (Å²) in [7, 11) is 1.48. The molecule has 0 spiro atoms. The number of rotatable bonds is 16. The molecule has 0 fully saturated rings. The molecule has 0 N–H and O–H groups in total. The van der Waals surface area contributed by atoms with Crippen molar-refractivity contribution >= 4 is 12.0 Å². The van der Waals surface area contributed by atoms with Gasteiger partial charge >= 0.3 is 5.97 Å². The van der Waals surface area contributed by atoms with E-state index < -0.39 is 16.1 Å². The Hall–Kier alpha value is -3.57. The third kappa shape index (κ3) is 11.3. The quantitative estimate of drug-likeness (QED) is 0.126. The van der Waals surface area contributed by atoms with Crippen LogP contribution in [0.3, 0.4) is 0 Å². The highest BCUT2D eigenvalue weighted by Crippen LogP contribution is 2.28. The zero-order valence-corrected chi connectivity index (χ0v) is 16.5. The molecule has 0 aromatic heterocycles. The lowest BCUT2D eigenvalue weighted by molar-refractivity contribution is -0.757. The van der Waals surface area contributed by atoms with Crippen molar-refractivity contribution in [2.75, 3.05) is 33.5 Å². The summed E-state index contributed by atoms with van der Waals surface area (Å²) in [5, 5.41) is 18.3. The second kappa shape index (κ2) is 14.4. The van der Waals surface area contributed by atoms with E-state index >= 15 is 0 Å². The number of carbonyl (C=O) groups is 1. The van der Waals surface area contributed by atoms with E-state index in [1.807, 2.05) is 0 Å². The van der Waals surface area contributed by atoms with Gasteiger partial charge in [-0.25, -0.2) is 4.79 Å². The maximum Gasteiger partial charge on any atom is 0.330 e. The minimum Gasteiger partial charge on any atom is -0.493 e. The van der Waals surface area contributed by atoms with Crippen molar-refractivity contribution in [3.63, 3.8) is 0 Å². The SMILES string of the molecule is COc1cc(/C=C/C(=O)OCCCCO[N+](=O)[O-])ccc1OCCCCO[N+](=O)[O-]. The summed E-state index contributed by atoms with van der Waals surface area (Å²) in [4.78, 5) is 40.1. The summed E-state index contributed by atoms with van der Waals surface area (Å²) in [6.07, 6.45) is 4.72. The molecule has 0 atom stereocenters. The summed E-state index contributed by atoms with van der Waals surface area (Å²) < 4.78 is 15.9. The number of esters is 1. The van der Waals surface area contributed by atoms with Gasteiger partial charge in [-0.15, -0.1) is 20.2 Å². The summed E-state index contributed by atoms with van der Waals surface area (Å²) in [5.74, 6) is 0.434. The number of hydrogen-bond acceptors (Lipinski definition) is 10. The molecular formula is C18H24N2O10. The van der Waals surface area contributed by atoms with Crippen LogP contribution in [0, 0.1) is 20.2 Å². The fraction of sp³-hybridized carbons (Fsp3) is 0.500. The van der Waals surface area contributed by atoms with Crippen LogP contribution in [0.2, 0.25) is 0 Å². The number of hydrogen-bond donors (Lipinski definition) is 0. The van der Waals surface area contributed by atoms with E-state index in [-0.39, 0.29) is 19.8 Å². The molecule has 1 aromatic carbocycles.